The monoisotopic (exact) mass is 327 g/mol. The lowest BCUT2D eigenvalue weighted by Crippen LogP contribution is -2.49. The fourth-order valence-corrected chi connectivity index (χ4v) is 3.12. The molecule has 0 saturated heterocycles. The van der Waals surface area contributed by atoms with E-state index in [1.165, 1.54) is 16.8 Å². The molecule has 0 radical (unpaired) electrons. The van der Waals surface area contributed by atoms with Gasteiger partial charge in [-0.15, -0.1) is 0 Å². The Morgan fingerprint density at radius 3 is 2.54 bits per heavy atom. The summed E-state index contributed by atoms with van der Waals surface area (Å²) in [7, 11) is 0. The second kappa shape index (κ2) is 6.97. The van der Waals surface area contributed by atoms with Crippen molar-refractivity contribution in [1.29, 1.82) is 0 Å². The molecule has 6 nitrogen and oxygen atoms in total. The quantitative estimate of drug-likeness (QED) is 0.868. The van der Waals surface area contributed by atoms with Gasteiger partial charge in [0.15, 0.2) is 0 Å². The van der Waals surface area contributed by atoms with E-state index in [1.54, 1.807) is 0 Å². The molecule has 1 saturated carbocycles. The molecule has 1 aromatic heterocycles. The number of nitrogens with one attached hydrogen (secondary N) is 1. The van der Waals surface area contributed by atoms with E-state index in [2.05, 4.69) is 10.4 Å². The molecule has 0 spiro atoms. The number of hydrogen-bond acceptors (Lipinski definition) is 4. The minimum absolute atomic E-state index is 0.0810. The van der Waals surface area contributed by atoms with Gasteiger partial charge < -0.3 is 10.4 Å². The van der Waals surface area contributed by atoms with Gasteiger partial charge in [0.25, 0.3) is 11.5 Å². The third-order valence-corrected chi connectivity index (χ3v) is 4.52. The summed E-state index contributed by atoms with van der Waals surface area (Å²) in [5, 5.41) is 16.7. The molecule has 1 aliphatic carbocycles. The fraction of sp³-hybridized carbons (Fsp3) is 0.389. The van der Waals surface area contributed by atoms with Gasteiger partial charge in [-0.3, -0.25) is 9.59 Å². The van der Waals surface area contributed by atoms with Gasteiger partial charge in [0.1, 0.15) is 5.69 Å². The van der Waals surface area contributed by atoms with Crippen molar-refractivity contribution in [2.75, 3.05) is 6.61 Å². The van der Waals surface area contributed by atoms with E-state index < -0.39 is 5.54 Å². The number of rotatable bonds is 5. The molecule has 1 aromatic carbocycles. The molecular weight excluding hydrogens is 306 g/mol. The number of benzene rings is 1. The summed E-state index contributed by atoms with van der Waals surface area (Å²) >= 11 is 0. The summed E-state index contributed by atoms with van der Waals surface area (Å²) in [6, 6.07) is 12.3. The average molecular weight is 327 g/mol. The van der Waals surface area contributed by atoms with Crippen LogP contribution in [0.1, 0.15) is 41.7 Å². The van der Waals surface area contributed by atoms with Crippen molar-refractivity contribution < 1.29 is 9.90 Å². The fourth-order valence-electron chi connectivity index (χ4n) is 3.12. The Morgan fingerprint density at radius 1 is 1.17 bits per heavy atom. The molecule has 1 heterocycles. The number of hydrogen-bond donors (Lipinski definition) is 2. The molecule has 0 atom stereocenters. The van der Waals surface area contributed by atoms with E-state index in [0.717, 1.165) is 31.2 Å². The first kappa shape index (κ1) is 16.4. The normalized spacial score (nSPS) is 16.0. The van der Waals surface area contributed by atoms with Crippen molar-refractivity contribution in [3.63, 3.8) is 0 Å². The van der Waals surface area contributed by atoms with E-state index in [4.69, 9.17) is 0 Å². The summed E-state index contributed by atoms with van der Waals surface area (Å²) in [5.74, 6) is -0.354. The maximum Gasteiger partial charge on any atom is 0.272 e. The molecule has 0 unspecified atom stereocenters. The Labute approximate surface area is 140 Å². The summed E-state index contributed by atoms with van der Waals surface area (Å²) in [6.07, 6.45) is 3.50. The molecular formula is C18H21N3O3. The van der Waals surface area contributed by atoms with Crippen molar-refractivity contribution >= 4 is 5.91 Å². The van der Waals surface area contributed by atoms with Gasteiger partial charge in [0.05, 0.1) is 18.7 Å². The van der Waals surface area contributed by atoms with E-state index in [0.29, 0.717) is 6.54 Å². The Bertz CT molecular complexity index is 765. The van der Waals surface area contributed by atoms with Gasteiger partial charge in [-0.1, -0.05) is 43.2 Å². The highest BCUT2D eigenvalue weighted by Gasteiger charge is 2.35. The van der Waals surface area contributed by atoms with Gasteiger partial charge in [-0.2, -0.15) is 5.10 Å². The van der Waals surface area contributed by atoms with Crippen LogP contribution in [-0.2, 0) is 6.54 Å². The largest absolute Gasteiger partial charge is 0.394 e. The smallest absolute Gasteiger partial charge is 0.272 e. The molecule has 24 heavy (non-hydrogen) atoms. The number of carbonyl (C=O) groups is 1. The maximum absolute atomic E-state index is 12.5. The van der Waals surface area contributed by atoms with Gasteiger partial charge in [-0.05, 0) is 24.5 Å². The number of aliphatic hydroxyl groups excluding tert-OH is 1. The molecule has 0 bridgehead atoms. The number of aromatic nitrogens is 2. The first-order valence-electron chi connectivity index (χ1n) is 8.17. The Morgan fingerprint density at radius 2 is 1.88 bits per heavy atom. The number of amides is 1. The maximum atomic E-state index is 12.5. The second-order valence-corrected chi connectivity index (χ2v) is 6.30. The number of aliphatic hydroxyl groups is 1. The van der Waals surface area contributed by atoms with Crippen LogP contribution in [-0.4, -0.2) is 32.9 Å². The van der Waals surface area contributed by atoms with Gasteiger partial charge in [0.2, 0.25) is 0 Å². The lowest BCUT2D eigenvalue weighted by Gasteiger charge is -2.27. The summed E-state index contributed by atoms with van der Waals surface area (Å²) in [4.78, 5) is 24.5. The topological polar surface area (TPSA) is 84.2 Å². The Balaban J connectivity index is 1.80. The lowest BCUT2D eigenvalue weighted by atomic mass is 9.99. The predicted octanol–water partition coefficient (Wildman–Crippen LogP) is 1.33. The van der Waals surface area contributed by atoms with Crippen molar-refractivity contribution in [1.82, 2.24) is 15.1 Å². The molecule has 1 fully saturated rings. The Kier molecular flexibility index (Phi) is 4.76. The number of nitrogens with zero attached hydrogens (tertiary/aromatic N) is 2. The van der Waals surface area contributed by atoms with Crippen molar-refractivity contribution in [2.24, 2.45) is 0 Å². The van der Waals surface area contributed by atoms with Gasteiger partial charge in [0, 0.05) is 6.07 Å². The van der Waals surface area contributed by atoms with Crippen LogP contribution in [0.15, 0.2) is 47.3 Å². The van der Waals surface area contributed by atoms with Crippen LogP contribution in [0.25, 0.3) is 0 Å². The van der Waals surface area contributed by atoms with Gasteiger partial charge in [-0.25, -0.2) is 4.68 Å². The first-order valence-corrected chi connectivity index (χ1v) is 8.17. The highest BCUT2D eigenvalue weighted by atomic mass is 16.3. The van der Waals surface area contributed by atoms with Crippen molar-refractivity contribution in [3.05, 3.63) is 64.1 Å². The predicted molar refractivity (Wildman–Crippen MR) is 89.8 cm³/mol. The standard InChI is InChI=1S/C18H21N3O3/c22-13-18(10-4-5-11-18)19-17(24)15-8-9-16(23)21(20-15)12-14-6-2-1-3-7-14/h1-3,6-9,22H,4-5,10-13H2,(H,19,24). The molecule has 6 heteroatoms. The highest BCUT2D eigenvalue weighted by Crippen LogP contribution is 2.29. The van der Waals surface area contributed by atoms with E-state index in [-0.39, 0.29) is 23.8 Å². The van der Waals surface area contributed by atoms with Gasteiger partial charge >= 0.3 is 0 Å². The zero-order valence-corrected chi connectivity index (χ0v) is 13.4. The molecule has 1 aliphatic rings. The summed E-state index contributed by atoms with van der Waals surface area (Å²) in [5.41, 5.74) is 0.310. The summed E-state index contributed by atoms with van der Waals surface area (Å²) < 4.78 is 1.28. The molecule has 1 amide bonds. The molecule has 2 aromatic rings. The minimum atomic E-state index is -0.556. The van der Waals surface area contributed by atoms with Crippen LogP contribution in [0.3, 0.4) is 0 Å². The third-order valence-electron chi connectivity index (χ3n) is 4.52. The van der Waals surface area contributed by atoms with Crippen molar-refractivity contribution in [3.8, 4) is 0 Å². The van der Waals surface area contributed by atoms with E-state index >= 15 is 0 Å². The van der Waals surface area contributed by atoms with Crippen LogP contribution >= 0.6 is 0 Å². The van der Waals surface area contributed by atoms with E-state index in [9.17, 15) is 14.7 Å². The second-order valence-electron chi connectivity index (χ2n) is 6.30. The van der Waals surface area contributed by atoms with Crippen LogP contribution in [0, 0.1) is 0 Å². The minimum Gasteiger partial charge on any atom is -0.394 e. The summed E-state index contributed by atoms with van der Waals surface area (Å²) in [6.45, 7) is 0.230. The van der Waals surface area contributed by atoms with Crippen LogP contribution < -0.4 is 10.9 Å². The molecule has 3 rings (SSSR count). The first-order chi connectivity index (χ1) is 11.6. The lowest BCUT2D eigenvalue weighted by molar-refractivity contribution is 0.0831. The zero-order chi connectivity index (χ0) is 17.0. The Hall–Kier alpha value is -2.47. The van der Waals surface area contributed by atoms with Crippen LogP contribution in [0.2, 0.25) is 0 Å². The molecule has 126 valence electrons. The van der Waals surface area contributed by atoms with Crippen LogP contribution in [0.5, 0.6) is 0 Å². The van der Waals surface area contributed by atoms with Crippen molar-refractivity contribution in [2.45, 2.75) is 37.8 Å². The SMILES string of the molecule is O=C(NC1(CO)CCCC1)c1ccc(=O)n(Cc2ccccc2)n1. The zero-order valence-electron chi connectivity index (χ0n) is 13.4. The third kappa shape index (κ3) is 3.54. The highest BCUT2D eigenvalue weighted by molar-refractivity contribution is 5.92. The average Bonchev–Trinajstić information content (AvgIpc) is 3.07. The molecule has 0 aliphatic heterocycles. The van der Waals surface area contributed by atoms with E-state index in [1.807, 2.05) is 30.3 Å². The number of carbonyl (C=O) groups excluding carboxylic acids is 1. The molecule has 2 N–H and O–H groups in total. The van der Waals surface area contributed by atoms with Crippen LogP contribution in [0.4, 0.5) is 0 Å².